The molecule has 0 aromatic carbocycles. The Labute approximate surface area is 75.3 Å². The monoisotopic (exact) mass is 184 g/mol. The highest BCUT2D eigenvalue weighted by atomic mass is 35.5. The van der Waals surface area contributed by atoms with Crippen molar-refractivity contribution in [2.45, 2.75) is 6.54 Å². The first kappa shape index (κ1) is 9.00. The Morgan fingerprint density at radius 3 is 3.08 bits per heavy atom. The Morgan fingerprint density at radius 1 is 1.58 bits per heavy atom. The standard InChI is InChI=1S/C8H9ClN2O/c9-3-1-2-5-11-6-4-10-7-8(11)12/h1-2,4,6-7H,3,5H2/b2-1+. The minimum absolute atomic E-state index is 0.100. The first-order chi connectivity index (χ1) is 5.84. The molecule has 64 valence electrons. The van der Waals surface area contributed by atoms with Gasteiger partial charge < -0.3 is 4.57 Å². The molecule has 1 aromatic rings. The van der Waals surface area contributed by atoms with E-state index in [1.165, 1.54) is 6.20 Å². The summed E-state index contributed by atoms with van der Waals surface area (Å²) in [6.07, 6.45) is 8.15. The molecule has 0 aliphatic rings. The third kappa shape index (κ3) is 2.51. The number of allylic oxidation sites excluding steroid dienone is 2. The lowest BCUT2D eigenvalue weighted by molar-refractivity contribution is 0.765. The second-order valence-corrected chi connectivity index (χ2v) is 2.50. The maximum absolute atomic E-state index is 11.0. The SMILES string of the molecule is O=c1cnccn1C/C=C/CCl. The summed E-state index contributed by atoms with van der Waals surface area (Å²) in [6, 6.07) is 0. The molecule has 0 aliphatic carbocycles. The summed E-state index contributed by atoms with van der Waals surface area (Å²) in [4.78, 5) is 14.7. The summed E-state index contributed by atoms with van der Waals surface area (Å²) in [5.41, 5.74) is -0.100. The lowest BCUT2D eigenvalue weighted by atomic mass is 10.5. The van der Waals surface area contributed by atoms with Crippen molar-refractivity contribution >= 4 is 11.6 Å². The van der Waals surface area contributed by atoms with Gasteiger partial charge in [-0.15, -0.1) is 11.6 Å². The van der Waals surface area contributed by atoms with E-state index in [2.05, 4.69) is 4.98 Å². The Balaban J connectivity index is 2.70. The summed E-state index contributed by atoms with van der Waals surface area (Å²) in [7, 11) is 0. The molecule has 0 unspecified atom stereocenters. The molecule has 12 heavy (non-hydrogen) atoms. The lowest BCUT2D eigenvalue weighted by Gasteiger charge is -1.97. The summed E-state index contributed by atoms with van der Waals surface area (Å²) >= 11 is 5.42. The Hall–Kier alpha value is -1.09. The lowest BCUT2D eigenvalue weighted by Crippen LogP contribution is -2.17. The molecule has 0 amide bonds. The fraction of sp³-hybridized carbons (Fsp3) is 0.250. The van der Waals surface area contributed by atoms with Crippen LogP contribution < -0.4 is 5.56 Å². The second-order valence-electron chi connectivity index (χ2n) is 2.19. The van der Waals surface area contributed by atoms with Crippen molar-refractivity contribution in [1.82, 2.24) is 9.55 Å². The summed E-state index contributed by atoms with van der Waals surface area (Å²) in [5, 5.41) is 0. The number of rotatable bonds is 3. The predicted molar refractivity (Wildman–Crippen MR) is 48.4 cm³/mol. The van der Waals surface area contributed by atoms with Crippen molar-refractivity contribution in [3.05, 3.63) is 41.1 Å². The van der Waals surface area contributed by atoms with E-state index < -0.39 is 0 Å². The van der Waals surface area contributed by atoms with Crippen LogP contribution in [-0.2, 0) is 6.54 Å². The van der Waals surface area contributed by atoms with Gasteiger partial charge in [0.15, 0.2) is 0 Å². The normalized spacial score (nSPS) is 10.8. The zero-order valence-electron chi connectivity index (χ0n) is 6.48. The Kier molecular flexibility index (Phi) is 3.54. The highest BCUT2D eigenvalue weighted by molar-refractivity contribution is 6.18. The van der Waals surface area contributed by atoms with Crippen molar-refractivity contribution in [1.29, 1.82) is 0 Å². The highest BCUT2D eigenvalue weighted by Gasteiger charge is 1.88. The van der Waals surface area contributed by atoms with Gasteiger partial charge in [0.2, 0.25) is 0 Å². The molecule has 4 heteroatoms. The average Bonchev–Trinajstić information content (AvgIpc) is 2.09. The number of nitrogens with zero attached hydrogens (tertiary/aromatic N) is 2. The molecule has 0 N–H and O–H groups in total. The van der Waals surface area contributed by atoms with Gasteiger partial charge in [-0.1, -0.05) is 12.2 Å². The van der Waals surface area contributed by atoms with E-state index in [0.717, 1.165) is 0 Å². The zero-order valence-corrected chi connectivity index (χ0v) is 7.24. The van der Waals surface area contributed by atoms with Crippen molar-refractivity contribution < 1.29 is 0 Å². The van der Waals surface area contributed by atoms with Crippen molar-refractivity contribution in [2.24, 2.45) is 0 Å². The molecule has 0 radical (unpaired) electrons. The summed E-state index contributed by atoms with van der Waals surface area (Å²) in [6.45, 7) is 0.550. The van der Waals surface area contributed by atoms with E-state index in [0.29, 0.717) is 12.4 Å². The fourth-order valence-electron chi connectivity index (χ4n) is 0.775. The van der Waals surface area contributed by atoms with Gasteiger partial charge in [0.1, 0.15) is 0 Å². The topological polar surface area (TPSA) is 34.9 Å². The van der Waals surface area contributed by atoms with E-state index in [-0.39, 0.29) is 5.56 Å². The van der Waals surface area contributed by atoms with E-state index in [1.807, 2.05) is 6.08 Å². The van der Waals surface area contributed by atoms with Crippen LogP contribution in [0, 0.1) is 0 Å². The van der Waals surface area contributed by atoms with E-state index in [1.54, 1.807) is 23.0 Å². The number of aromatic nitrogens is 2. The van der Waals surface area contributed by atoms with Gasteiger partial charge in [-0.3, -0.25) is 9.78 Å². The number of halogens is 1. The molecule has 0 spiro atoms. The molecule has 0 fully saturated rings. The van der Waals surface area contributed by atoms with Crippen LogP contribution in [0.4, 0.5) is 0 Å². The van der Waals surface area contributed by atoms with Crippen LogP contribution in [0.15, 0.2) is 35.5 Å². The van der Waals surface area contributed by atoms with Crippen LogP contribution in [0.3, 0.4) is 0 Å². The molecule has 0 bridgehead atoms. The molecule has 3 nitrogen and oxygen atoms in total. The molecule has 1 aromatic heterocycles. The average molecular weight is 185 g/mol. The Morgan fingerprint density at radius 2 is 2.42 bits per heavy atom. The third-order valence-electron chi connectivity index (χ3n) is 1.36. The molecular weight excluding hydrogens is 176 g/mol. The first-order valence-corrected chi connectivity index (χ1v) is 4.09. The second kappa shape index (κ2) is 4.72. The van der Waals surface area contributed by atoms with Gasteiger partial charge in [0.05, 0.1) is 6.20 Å². The van der Waals surface area contributed by atoms with Gasteiger partial charge in [-0.2, -0.15) is 0 Å². The highest BCUT2D eigenvalue weighted by Crippen LogP contribution is 1.83. The van der Waals surface area contributed by atoms with Crippen molar-refractivity contribution in [3.63, 3.8) is 0 Å². The van der Waals surface area contributed by atoms with Gasteiger partial charge in [-0.05, 0) is 0 Å². The van der Waals surface area contributed by atoms with Crippen LogP contribution in [0.2, 0.25) is 0 Å². The maximum atomic E-state index is 11.0. The van der Waals surface area contributed by atoms with Crippen LogP contribution in [0.1, 0.15) is 0 Å². The van der Waals surface area contributed by atoms with E-state index in [4.69, 9.17) is 11.6 Å². The van der Waals surface area contributed by atoms with Gasteiger partial charge >= 0.3 is 0 Å². The number of hydrogen-bond donors (Lipinski definition) is 0. The minimum Gasteiger partial charge on any atom is -0.309 e. The van der Waals surface area contributed by atoms with Gasteiger partial charge in [-0.25, -0.2) is 0 Å². The molecule has 1 rings (SSSR count). The van der Waals surface area contributed by atoms with Gasteiger partial charge in [0.25, 0.3) is 5.56 Å². The number of hydrogen-bond acceptors (Lipinski definition) is 2. The van der Waals surface area contributed by atoms with Gasteiger partial charge in [0, 0.05) is 24.8 Å². The third-order valence-corrected chi connectivity index (χ3v) is 1.54. The first-order valence-electron chi connectivity index (χ1n) is 3.56. The van der Waals surface area contributed by atoms with Crippen molar-refractivity contribution in [3.8, 4) is 0 Å². The predicted octanol–water partition coefficient (Wildman–Crippen LogP) is 1.04. The van der Waals surface area contributed by atoms with Crippen LogP contribution in [-0.4, -0.2) is 15.4 Å². The van der Waals surface area contributed by atoms with Crippen molar-refractivity contribution in [2.75, 3.05) is 5.88 Å². The van der Waals surface area contributed by atoms with E-state index >= 15 is 0 Å². The molecular formula is C8H9ClN2O. The van der Waals surface area contributed by atoms with Crippen LogP contribution in [0.5, 0.6) is 0 Å². The largest absolute Gasteiger partial charge is 0.309 e. The quantitative estimate of drug-likeness (QED) is 0.520. The molecule has 0 aliphatic heterocycles. The zero-order chi connectivity index (χ0) is 8.81. The summed E-state index contributed by atoms with van der Waals surface area (Å²) < 4.78 is 1.55. The fourth-order valence-corrected chi connectivity index (χ4v) is 0.901. The molecule has 0 saturated carbocycles. The van der Waals surface area contributed by atoms with Crippen LogP contribution >= 0.6 is 11.6 Å². The Bertz CT molecular complexity index is 319. The smallest absolute Gasteiger partial charge is 0.269 e. The van der Waals surface area contributed by atoms with E-state index in [9.17, 15) is 4.79 Å². The molecule has 1 heterocycles. The maximum Gasteiger partial charge on any atom is 0.269 e. The molecule has 0 atom stereocenters. The minimum atomic E-state index is -0.100. The van der Waals surface area contributed by atoms with Crippen LogP contribution in [0.25, 0.3) is 0 Å². The summed E-state index contributed by atoms with van der Waals surface area (Å²) in [5.74, 6) is 0.472. The number of alkyl halides is 1. The molecule has 0 saturated heterocycles.